The van der Waals surface area contributed by atoms with E-state index in [9.17, 15) is 18.0 Å². The zero-order valence-electron chi connectivity index (χ0n) is 13.9. The standard InChI is InChI=1S/C18H16ClF3N2O2/c1-11(18(20,21)22)26-10-12-6-15(9-23-8-12)24-5-4-13-7-14(19)2-3-16(13)17(24)25/h2-3,6-9,11H,4-5,10H2,1H3. The van der Waals surface area contributed by atoms with Gasteiger partial charge in [0.2, 0.25) is 0 Å². The Morgan fingerprint density at radius 2 is 2.08 bits per heavy atom. The number of ether oxygens (including phenoxy) is 1. The van der Waals surface area contributed by atoms with Crippen molar-refractivity contribution in [2.75, 3.05) is 11.4 Å². The maximum absolute atomic E-state index is 12.7. The second-order valence-corrected chi connectivity index (χ2v) is 6.49. The van der Waals surface area contributed by atoms with Crippen LogP contribution in [0.1, 0.15) is 28.4 Å². The SMILES string of the molecule is CC(OCc1cncc(N2CCc3cc(Cl)ccc3C2=O)c1)C(F)(F)F. The molecule has 2 aromatic rings. The van der Waals surface area contributed by atoms with Crippen molar-refractivity contribution in [1.29, 1.82) is 0 Å². The Morgan fingerprint density at radius 1 is 1.31 bits per heavy atom. The number of benzene rings is 1. The average molecular weight is 385 g/mol. The minimum absolute atomic E-state index is 0.188. The number of anilines is 1. The zero-order valence-corrected chi connectivity index (χ0v) is 14.6. The van der Waals surface area contributed by atoms with Gasteiger partial charge in [-0.1, -0.05) is 11.6 Å². The fraction of sp³-hybridized carbons (Fsp3) is 0.333. The van der Waals surface area contributed by atoms with Gasteiger partial charge in [-0.3, -0.25) is 9.78 Å². The van der Waals surface area contributed by atoms with Crippen molar-refractivity contribution in [3.63, 3.8) is 0 Å². The van der Waals surface area contributed by atoms with E-state index in [-0.39, 0.29) is 12.5 Å². The molecule has 0 bridgehead atoms. The third kappa shape index (κ3) is 3.99. The Labute approximate surface area is 153 Å². The van der Waals surface area contributed by atoms with Crippen molar-refractivity contribution in [1.82, 2.24) is 4.98 Å². The molecule has 1 amide bonds. The van der Waals surface area contributed by atoms with Gasteiger partial charge in [0.25, 0.3) is 5.91 Å². The van der Waals surface area contributed by atoms with Crippen LogP contribution in [0.15, 0.2) is 36.7 Å². The van der Waals surface area contributed by atoms with Crippen molar-refractivity contribution >= 4 is 23.2 Å². The largest absolute Gasteiger partial charge is 0.414 e. The first kappa shape index (κ1) is 18.7. The van der Waals surface area contributed by atoms with Crippen molar-refractivity contribution in [2.45, 2.75) is 32.2 Å². The van der Waals surface area contributed by atoms with Crippen LogP contribution in [0.5, 0.6) is 0 Å². The van der Waals surface area contributed by atoms with Crippen LogP contribution < -0.4 is 4.90 Å². The molecule has 1 aromatic carbocycles. The molecule has 4 nitrogen and oxygen atoms in total. The summed E-state index contributed by atoms with van der Waals surface area (Å²) in [5, 5.41) is 0.574. The van der Waals surface area contributed by atoms with Gasteiger partial charge < -0.3 is 9.64 Å². The minimum Gasteiger partial charge on any atom is -0.364 e. The summed E-state index contributed by atoms with van der Waals surface area (Å²) in [5.41, 5.74) is 2.43. The molecule has 0 radical (unpaired) electrons. The minimum atomic E-state index is -4.42. The number of alkyl halides is 3. The number of carbonyl (C=O) groups excluding carboxylic acids is 1. The summed E-state index contributed by atoms with van der Waals surface area (Å²) >= 11 is 5.96. The van der Waals surface area contributed by atoms with Gasteiger partial charge in [0.05, 0.1) is 18.5 Å². The number of halogens is 4. The average Bonchev–Trinajstić information content (AvgIpc) is 2.59. The predicted molar refractivity (Wildman–Crippen MR) is 91.4 cm³/mol. The number of hydrogen-bond acceptors (Lipinski definition) is 3. The van der Waals surface area contributed by atoms with Gasteiger partial charge in [-0.15, -0.1) is 0 Å². The van der Waals surface area contributed by atoms with Gasteiger partial charge in [0, 0.05) is 23.3 Å². The van der Waals surface area contributed by atoms with Crippen molar-refractivity contribution in [3.8, 4) is 0 Å². The second kappa shape index (κ2) is 7.25. The summed E-state index contributed by atoms with van der Waals surface area (Å²) in [6, 6.07) is 6.72. The van der Waals surface area contributed by atoms with E-state index in [1.807, 2.05) is 0 Å². The zero-order chi connectivity index (χ0) is 18.9. The molecule has 1 unspecified atom stereocenters. The summed E-state index contributed by atoms with van der Waals surface area (Å²) in [6.07, 6.45) is -2.73. The summed E-state index contributed by atoms with van der Waals surface area (Å²) in [4.78, 5) is 18.3. The first-order valence-corrected chi connectivity index (χ1v) is 8.36. The fourth-order valence-electron chi connectivity index (χ4n) is 2.72. The van der Waals surface area contributed by atoms with Gasteiger partial charge >= 0.3 is 6.18 Å². The third-order valence-corrected chi connectivity index (χ3v) is 4.44. The maximum Gasteiger partial charge on any atom is 0.414 e. The van der Waals surface area contributed by atoms with E-state index in [0.717, 1.165) is 12.5 Å². The highest BCUT2D eigenvalue weighted by Crippen LogP contribution is 2.27. The number of hydrogen-bond donors (Lipinski definition) is 0. The van der Waals surface area contributed by atoms with E-state index in [4.69, 9.17) is 16.3 Å². The number of carbonyl (C=O) groups is 1. The Kier molecular flexibility index (Phi) is 5.20. The molecule has 0 spiro atoms. The highest BCUT2D eigenvalue weighted by molar-refractivity contribution is 6.30. The highest BCUT2D eigenvalue weighted by atomic mass is 35.5. The fourth-order valence-corrected chi connectivity index (χ4v) is 2.91. The molecule has 26 heavy (non-hydrogen) atoms. The van der Waals surface area contributed by atoms with Crippen LogP contribution >= 0.6 is 11.6 Å². The quantitative estimate of drug-likeness (QED) is 0.784. The number of amides is 1. The van der Waals surface area contributed by atoms with Crippen LogP contribution in [-0.2, 0) is 17.8 Å². The lowest BCUT2D eigenvalue weighted by molar-refractivity contribution is -0.217. The van der Waals surface area contributed by atoms with Crippen LogP contribution in [0.2, 0.25) is 5.02 Å². The van der Waals surface area contributed by atoms with Crippen molar-refractivity contribution in [3.05, 3.63) is 58.4 Å². The molecule has 0 saturated carbocycles. The normalized spacial score (nSPS) is 15.7. The topological polar surface area (TPSA) is 42.4 Å². The van der Waals surface area contributed by atoms with E-state index in [1.54, 1.807) is 29.2 Å². The summed E-state index contributed by atoms with van der Waals surface area (Å²) in [7, 11) is 0. The molecule has 1 aliphatic heterocycles. The number of aromatic nitrogens is 1. The first-order chi connectivity index (χ1) is 12.3. The van der Waals surface area contributed by atoms with Crippen molar-refractivity contribution in [2.24, 2.45) is 0 Å². The lowest BCUT2D eigenvalue weighted by atomic mass is 9.98. The summed E-state index contributed by atoms with van der Waals surface area (Å²) in [6.45, 7) is 1.15. The van der Waals surface area contributed by atoms with Crippen LogP contribution in [0.25, 0.3) is 0 Å². The third-order valence-electron chi connectivity index (χ3n) is 4.20. The monoisotopic (exact) mass is 384 g/mol. The summed E-state index contributed by atoms with van der Waals surface area (Å²) < 4.78 is 42.5. The molecule has 0 saturated heterocycles. The number of fused-ring (bicyclic) bond motifs is 1. The summed E-state index contributed by atoms with van der Waals surface area (Å²) in [5.74, 6) is -0.188. The van der Waals surface area contributed by atoms with Crippen LogP contribution in [0.4, 0.5) is 18.9 Å². The van der Waals surface area contributed by atoms with Gasteiger partial charge in [-0.2, -0.15) is 13.2 Å². The first-order valence-electron chi connectivity index (χ1n) is 7.98. The molecule has 1 aliphatic rings. The van der Waals surface area contributed by atoms with Gasteiger partial charge in [0.15, 0.2) is 6.10 Å². The molecule has 1 atom stereocenters. The molecular formula is C18H16ClF3N2O2. The van der Waals surface area contributed by atoms with E-state index >= 15 is 0 Å². The molecule has 2 heterocycles. The Balaban J connectivity index is 1.76. The smallest absolute Gasteiger partial charge is 0.364 e. The van der Waals surface area contributed by atoms with Gasteiger partial charge in [-0.25, -0.2) is 0 Å². The predicted octanol–water partition coefficient (Wildman–Crippen LogP) is 4.41. The molecule has 8 heteroatoms. The Hall–Kier alpha value is -2.12. The molecule has 3 rings (SSSR count). The van der Waals surface area contributed by atoms with E-state index in [1.165, 1.54) is 12.4 Å². The van der Waals surface area contributed by atoms with Crippen LogP contribution in [-0.4, -0.2) is 29.7 Å². The number of rotatable bonds is 4. The van der Waals surface area contributed by atoms with E-state index in [2.05, 4.69) is 4.98 Å². The molecular weight excluding hydrogens is 369 g/mol. The molecule has 0 aliphatic carbocycles. The second-order valence-electron chi connectivity index (χ2n) is 6.05. The highest BCUT2D eigenvalue weighted by Gasteiger charge is 2.36. The van der Waals surface area contributed by atoms with Crippen LogP contribution in [0.3, 0.4) is 0 Å². The Bertz CT molecular complexity index is 826. The van der Waals surface area contributed by atoms with E-state index < -0.39 is 12.3 Å². The van der Waals surface area contributed by atoms with Crippen molar-refractivity contribution < 1.29 is 22.7 Å². The molecule has 138 valence electrons. The van der Waals surface area contributed by atoms with Crippen LogP contribution in [0, 0.1) is 0 Å². The number of nitrogens with zero attached hydrogens (tertiary/aromatic N) is 2. The molecule has 0 N–H and O–H groups in total. The lowest BCUT2D eigenvalue weighted by Gasteiger charge is -2.28. The van der Waals surface area contributed by atoms with Gasteiger partial charge in [0.1, 0.15) is 0 Å². The Morgan fingerprint density at radius 3 is 2.81 bits per heavy atom. The maximum atomic E-state index is 12.7. The lowest BCUT2D eigenvalue weighted by Crippen LogP contribution is -2.37. The van der Waals surface area contributed by atoms with Gasteiger partial charge in [-0.05, 0) is 48.7 Å². The number of pyridine rings is 1. The molecule has 0 fully saturated rings. The molecule has 1 aromatic heterocycles. The van der Waals surface area contributed by atoms with E-state index in [0.29, 0.717) is 34.8 Å².